The number of aromatic amines is 1. The summed E-state index contributed by atoms with van der Waals surface area (Å²) in [6, 6.07) is 6.84. The molecular formula is C23H18F3N3O3. The fraction of sp³-hybridized carbons (Fsp3) is 0.261. The first-order valence-corrected chi connectivity index (χ1v) is 10.2. The van der Waals surface area contributed by atoms with Crippen molar-refractivity contribution in [2.24, 2.45) is 5.92 Å². The molecule has 2 heterocycles. The van der Waals surface area contributed by atoms with Gasteiger partial charge in [-0.25, -0.2) is 13.2 Å². The van der Waals surface area contributed by atoms with Crippen LogP contribution in [0.15, 0.2) is 36.4 Å². The Bertz CT molecular complexity index is 1260. The van der Waals surface area contributed by atoms with Crippen molar-refractivity contribution < 1.29 is 27.6 Å². The summed E-state index contributed by atoms with van der Waals surface area (Å²) in [6.07, 6.45) is 0.733. The molecule has 164 valence electrons. The lowest BCUT2D eigenvalue weighted by atomic mass is 9.69. The first kappa shape index (κ1) is 20.3. The largest absolute Gasteiger partial charge is 0.352 e. The van der Waals surface area contributed by atoms with Gasteiger partial charge >= 0.3 is 0 Å². The van der Waals surface area contributed by atoms with E-state index in [1.54, 1.807) is 12.1 Å². The van der Waals surface area contributed by atoms with Crippen LogP contribution in [0, 0.1) is 23.4 Å². The molecule has 1 saturated carbocycles. The van der Waals surface area contributed by atoms with Crippen molar-refractivity contribution in [2.75, 3.05) is 0 Å². The van der Waals surface area contributed by atoms with Crippen LogP contribution < -0.4 is 10.6 Å². The van der Waals surface area contributed by atoms with E-state index in [1.807, 2.05) is 0 Å². The SMILES string of the molecule is O=C1C[C@H](NC(=O)[C@H]2C[C@H](c3c(-c4ccc(F)cc4)[nH]c4c(F)cc(F)cc43)C2)C(=O)N1. The minimum absolute atomic E-state index is 0.0869. The number of hydrogen-bond acceptors (Lipinski definition) is 3. The first-order valence-electron chi connectivity index (χ1n) is 10.2. The number of carbonyl (C=O) groups is 3. The van der Waals surface area contributed by atoms with Crippen molar-refractivity contribution >= 4 is 28.6 Å². The molecule has 1 atom stereocenters. The van der Waals surface area contributed by atoms with E-state index in [4.69, 9.17) is 0 Å². The van der Waals surface area contributed by atoms with E-state index in [9.17, 15) is 27.6 Å². The van der Waals surface area contributed by atoms with Gasteiger partial charge in [-0.3, -0.25) is 19.7 Å². The molecule has 2 aliphatic rings. The smallest absolute Gasteiger partial charge is 0.249 e. The highest BCUT2D eigenvalue weighted by Gasteiger charge is 2.41. The Morgan fingerprint density at radius 2 is 1.72 bits per heavy atom. The summed E-state index contributed by atoms with van der Waals surface area (Å²) in [7, 11) is 0. The Balaban J connectivity index is 1.43. The van der Waals surface area contributed by atoms with Gasteiger partial charge in [-0.15, -0.1) is 0 Å². The lowest BCUT2D eigenvalue weighted by Crippen LogP contribution is -2.45. The van der Waals surface area contributed by atoms with E-state index >= 15 is 0 Å². The highest BCUT2D eigenvalue weighted by molar-refractivity contribution is 6.07. The van der Waals surface area contributed by atoms with E-state index in [0.717, 1.165) is 6.07 Å². The summed E-state index contributed by atoms with van der Waals surface area (Å²) in [5.41, 5.74) is 1.98. The minimum atomic E-state index is -0.875. The number of H-pyrrole nitrogens is 1. The van der Waals surface area contributed by atoms with Crippen LogP contribution in [0.1, 0.15) is 30.7 Å². The maximum atomic E-state index is 14.4. The molecule has 3 aromatic rings. The van der Waals surface area contributed by atoms with Crippen molar-refractivity contribution in [3.63, 3.8) is 0 Å². The predicted molar refractivity (Wildman–Crippen MR) is 109 cm³/mol. The Labute approximate surface area is 180 Å². The van der Waals surface area contributed by atoms with Gasteiger partial charge in [0.1, 0.15) is 23.5 Å². The number of rotatable bonds is 4. The van der Waals surface area contributed by atoms with Gasteiger partial charge < -0.3 is 10.3 Å². The molecule has 2 aromatic carbocycles. The molecule has 2 fully saturated rings. The maximum Gasteiger partial charge on any atom is 0.249 e. The molecule has 32 heavy (non-hydrogen) atoms. The molecule has 5 rings (SSSR count). The average molecular weight is 441 g/mol. The Morgan fingerprint density at radius 3 is 2.38 bits per heavy atom. The van der Waals surface area contributed by atoms with E-state index in [1.165, 1.54) is 18.2 Å². The van der Waals surface area contributed by atoms with Gasteiger partial charge in [-0.2, -0.15) is 0 Å². The second-order valence-corrected chi connectivity index (χ2v) is 8.27. The summed E-state index contributed by atoms with van der Waals surface area (Å²) >= 11 is 0. The van der Waals surface area contributed by atoms with Crippen molar-refractivity contribution in [3.8, 4) is 11.3 Å². The Hall–Kier alpha value is -3.62. The zero-order valence-corrected chi connectivity index (χ0v) is 16.7. The van der Waals surface area contributed by atoms with Crippen molar-refractivity contribution in [1.29, 1.82) is 0 Å². The molecule has 0 radical (unpaired) electrons. The van der Waals surface area contributed by atoms with Gasteiger partial charge in [0.25, 0.3) is 0 Å². The second-order valence-electron chi connectivity index (χ2n) is 8.27. The molecule has 3 N–H and O–H groups in total. The van der Waals surface area contributed by atoms with Crippen molar-refractivity contribution in [2.45, 2.75) is 31.2 Å². The van der Waals surface area contributed by atoms with Gasteiger partial charge in [0.15, 0.2) is 0 Å². The lowest BCUT2D eigenvalue weighted by molar-refractivity contribution is -0.132. The highest BCUT2D eigenvalue weighted by atomic mass is 19.1. The van der Waals surface area contributed by atoms with Gasteiger partial charge in [0.2, 0.25) is 17.7 Å². The van der Waals surface area contributed by atoms with Crippen LogP contribution in [0.25, 0.3) is 22.2 Å². The molecular weight excluding hydrogens is 423 g/mol. The fourth-order valence-corrected chi connectivity index (χ4v) is 4.54. The third-order valence-electron chi connectivity index (χ3n) is 6.20. The number of amides is 3. The summed E-state index contributed by atoms with van der Waals surface area (Å²) in [5.74, 6) is -3.73. The maximum absolute atomic E-state index is 14.4. The molecule has 1 aliphatic carbocycles. The van der Waals surface area contributed by atoms with Crippen LogP contribution >= 0.6 is 0 Å². The van der Waals surface area contributed by atoms with Crippen LogP contribution in [0.5, 0.6) is 0 Å². The number of halogens is 3. The van der Waals surface area contributed by atoms with Crippen molar-refractivity contribution in [1.82, 2.24) is 15.6 Å². The summed E-state index contributed by atoms with van der Waals surface area (Å²) in [6.45, 7) is 0. The standard InChI is InChI=1S/C23H18F3N3O3/c24-13-3-1-10(2-4-13)20-19(15-7-14(25)8-16(26)21(15)29-20)11-5-12(6-11)22(31)27-17-9-18(30)28-23(17)32/h1-4,7-8,11-12,17,29H,5-6,9H2,(H,27,31)(H,28,30,32)/t11-,12-,17-/m0/s1. The topological polar surface area (TPSA) is 91.1 Å². The number of aromatic nitrogens is 1. The second kappa shape index (κ2) is 7.51. The highest BCUT2D eigenvalue weighted by Crippen LogP contribution is 2.48. The molecule has 0 bridgehead atoms. The number of benzene rings is 2. The van der Waals surface area contributed by atoms with Crippen LogP contribution in [0.2, 0.25) is 0 Å². The zero-order valence-electron chi connectivity index (χ0n) is 16.7. The number of imide groups is 1. The van der Waals surface area contributed by atoms with E-state index in [2.05, 4.69) is 15.6 Å². The quantitative estimate of drug-likeness (QED) is 0.543. The third kappa shape index (κ3) is 3.43. The third-order valence-corrected chi connectivity index (χ3v) is 6.20. The van der Waals surface area contributed by atoms with Gasteiger partial charge in [-0.1, -0.05) is 0 Å². The molecule has 3 amide bonds. The van der Waals surface area contributed by atoms with Crippen LogP contribution in [0.3, 0.4) is 0 Å². The molecule has 1 aromatic heterocycles. The molecule has 6 nitrogen and oxygen atoms in total. The van der Waals surface area contributed by atoms with Gasteiger partial charge in [-0.05, 0) is 60.2 Å². The van der Waals surface area contributed by atoms with Gasteiger partial charge in [0, 0.05) is 17.4 Å². The monoisotopic (exact) mass is 441 g/mol. The predicted octanol–water partition coefficient (Wildman–Crippen LogP) is 3.28. The van der Waals surface area contributed by atoms with Crippen LogP contribution in [-0.4, -0.2) is 28.7 Å². The summed E-state index contributed by atoms with van der Waals surface area (Å²) < 4.78 is 41.8. The van der Waals surface area contributed by atoms with Crippen LogP contribution in [-0.2, 0) is 14.4 Å². The number of carbonyl (C=O) groups excluding carboxylic acids is 3. The summed E-state index contributed by atoms with van der Waals surface area (Å²) in [4.78, 5) is 38.5. The Kier molecular flexibility index (Phi) is 4.76. The number of fused-ring (bicyclic) bond motifs is 1. The molecule has 0 unspecified atom stereocenters. The lowest BCUT2D eigenvalue weighted by Gasteiger charge is -2.35. The minimum Gasteiger partial charge on any atom is -0.352 e. The zero-order chi connectivity index (χ0) is 22.6. The van der Waals surface area contributed by atoms with Crippen molar-refractivity contribution in [3.05, 3.63) is 59.4 Å². The number of nitrogens with one attached hydrogen (secondary N) is 3. The van der Waals surface area contributed by atoms with E-state index in [0.29, 0.717) is 35.0 Å². The fourth-order valence-electron chi connectivity index (χ4n) is 4.54. The first-order chi connectivity index (χ1) is 15.3. The van der Waals surface area contributed by atoms with E-state index < -0.39 is 41.2 Å². The molecule has 0 spiro atoms. The average Bonchev–Trinajstić information content (AvgIpc) is 3.21. The van der Waals surface area contributed by atoms with E-state index in [-0.39, 0.29) is 23.8 Å². The van der Waals surface area contributed by atoms with Gasteiger partial charge in [0.05, 0.1) is 17.6 Å². The molecule has 1 saturated heterocycles. The molecule has 1 aliphatic heterocycles. The normalized spacial score (nSPS) is 22.7. The number of hydrogen-bond donors (Lipinski definition) is 3. The Morgan fingerprint density at radius 1 is 1.00 bits per heavy atom. The molecule has 9 heteroatoms. The van der Waals surface area contributed by atoms with Crippen LogP contribution in [0.4, 0.5) is 13.2 Å². The summed E-state index contributed by atoms with van der Waals surface area (Å²) in [5, 5.41) is 5.12.